The van der Waals surface area contributed by atoms with Crippen LogP contribution in [-0.4, -0.2) is 17.8 Å². The average molecular weight is 245 g/mol. The van der Waals surface area contributed by atoms with Gasteiger partial charge in [-0.15, -0.1) is 0 Å². The molecule has 0 amide bonds. The van der Waals surface area contributed by atoms with E-state index in [1.165, 1.54) is 25.7 Å². The van der Waals surface area contributed by atoms with Gasteiger partial charge in [-0.25, -0.2) is 0 Å². The zero-order valence-electron chi connectivity index (χ0n) is 10.5. The Morgan fingerprint density at radius 3 is 2.56 bits per heavy atom. The Kier molecular flexibility index (Phi) is 4.60. The van der Waals surface area contributed by atoms with Crippen LogP contribution in [0.3, 0.4) is 0 Å². The van der Waals surface area contributed by atoms with Crippen LogP contribution in [0.4, 0.5) is 0 Å². The minimum atomic E-state index is -0.385. The lowest BCUT2D eigenvalue weighted by Gasteiger charge is -2.16. The maximum atomic E-state index is 9.89. The van der Waals surface area contributed by atoms with Crippen LogP contribution in [-0.2, 0) is 0 Å². The molecule has 0 aliphatic heterocycles. The molecule has 0 saturated heterocycles. The van der Waals surface area contributed by atoms with Crippen molar-refractivity contribution >= 4 is 0 Å². The first-order valence-corrected chi connectivity index (χ1v) is 6.59. The molecule has 1 aromatic rings. The van der Waals surface area contributed by atoms with E-state index in [0.717, 1.165) is 6.42 Å². The zero-order chi connectivity index (χ0) is 12.8. The molecular weight excluding hydrogens is 226 g/mol. The molecule has 0 spiro atoms. The van der Waals surface area contributed by atoms with Gasteiger partial charge in [0.15, 0.2) is 0 Å². The summed E-state index contributed by atoms with van der Waals surface area (Å²) in [6, 6.07) is 9.03. The van der Waals surface area contributed by atoms with Crippen LogP contribution in [0, 0.1) is 17.2 Å². The molecule has 1 aliphatic rings. The highest BCUT2D eigenvalue weighted by Gasteiger charge is 2.19. The molecule has 96 valence electrons. The van der Waals surface area contributed by atoms with Crippen molar-refractivity contribution in [3.8, 4) is 11.8 Å². The molecule has 1 fully saturated rings. The van der Waals surface area contributed by atoms with E-state index in [4.69, 9.17) is 10.00 Å². The van der Waals surface area contributed by atoms with Gasteiger partial charge in [-0.05, 0) is 36.6 Å². The molecule has 0 heterocycles. The highest BCUT2D eigenvalue weighted by atomic mass is 16.5. The lowest BCUT2D eigenvalue weighted by Crippen LogP contribution is -2.20. The van der Waals surface area contributed by atoms with Crippen molar-refractivity contribution in [2.24, 2.45) is 5.92 Å². The van der Waals surface area contributed by atoms with Gasteiger partial charge >= 0.3 is 0 Å². The van der Waals surface area contributed by atoms with Crippen molar-refractivity contribution in [3.63, 3.8) is 0 Å². The predicted octanol–water partition coefficient (Wildman–Crippen LogP) is 2.88. The summed E-state index contributed by atoms with van der Waals surface area (Å²) in [5.41, 5.74) is 0.619. The van der Waals surface area contributed by atoms with Crippen LogP contribution in [0.1, 0.15) is 37.7 Å². The quantitative estimate of drug-likeness (QED) is 0.867. The number of hydrogen-bond acceptors (Lipinski definition) is 3. The van der Waals surface area contributed by atoms with Crippen LogP contribution in [0.25, 0.3) is 0 Å². The Labute approximate surface area is 108 Å². The molecule has 1 N–H and O–H groups in total. The number of aliphatic hydroxyl groups is 1. The average Bonchev–Trinajstić information content (AvgIpc) is 2.90. The number of benzene rings is 1. The van der Waals surface area contributed by atoms with Crippen LogP contribution >= 0.6 is 0 Å². The van der Waals surface area contributed by atoms with Gasteiger partial charge in [0.2, 0.25) is 0 Å². The van der Waals surface area contributed by atoms with Gasteiger partial charge in [0, 0.05) is 0 Å². The van der Waals surface area contributed by atoms with Crippen molar-refractivity contribution in [1.82, 2.24) is 0 Å². The Balaban J connectivity index is 1.74. The van der Waals surface area contributed by atoms with Crippen molar-refractivity contribution in [2.75, 3.05) is 6.61 Å². The molecule has 1 aliphatic carbocycles. The maximum Gasteiger partial charge on any atom is 0.119 e. The fourth-order valence-corrected chi connectivity index (χ4v) is 2.52. The van der Waals surface area contributed by atoms with E-state index in [2.05, 4.69) is 6.07 Å². The van der Waals surface area contributed by atoms with Crippen molar-refractivity contribution in [3.05, 3.63) is 29.8 Å². The Hall–Kier alpha value is -1.53. The number of hydrogen-bond donors (Lipinski definition) is 1. The third-order valence-corrected chi connectivity index (χ3v) is 3.51. The van der Waals surface area contributed by atoms with E-state index in [0.29, 0.717) is 23.8 Å². The molecule has 3 heteroatoms. The van der Waals surface area contributed by atoms with Gasteiger partial charge in [0.05, 0.1) is 17.7 Å². The Morgan fingerprint density at radius 1 is 1.28 bits per heavy atom. The van der Waals surface area contributed by atoms with E-state index >= 15 is 0 Å². The number of nitrogens with zero attached hydrogens (tertiary/aromatic N) is 1. The summed E-state index contributed by atoms with van der Waals surface area (Å²) in [7, 11) is 0. The number of aliphatic hydroxyl groups excluding tert-OH is 1. The molecule has 1 atom stereocenters. The Bertz CT molecular complexity index is 401. The molecule has 1 saturated carbocycles. The summed E-state index contributed by atoms with van der Waals surface area (Å²) >= 11 is 0. The summed E-state index contributed by atoms with van der Waals surface area (Å²) in [4.78, 5) is 0. The minimum Gasteiger partial charge on any atom is -0.491 e. The van der Waals surface area contributed by atoms with E-state index in [1.807, 2.05) is 0 Å². The van der Waals surface area contributed by atoms with E-state index < -0.39 is 0 Å². The van der Waals surface area contributed by atoms with Crippen molar-refractivity contribution in [1.29, 1.82) is 5.26 Å². The molecule has 2 rings (SSSR count). The van der Waals surface area contributed by atoms with Gasteiger partial charge in [-0.3, -0.25) is 0 Å². The third-order valence-electron chi connectivity index (χ3n) is 3.51. The van der Waals surface area contributed by atoms with Gasteiger partial charge in [-0.1, -0.05) is 25.7 Å². The van der Waals surface area contributed by atoms with Crippen molar-refractivity contribution < 1.29 is 9.84 Å². The Morgan fingerprint density at radius 2 is 1.94 bits per heavy atom. The van der Waals surface area contributed by atoms with Crippen LogP contribution in [0.2, 0.25) is 0 Å². The predicted molar refractivity (Wildman–Crippen MR) is 69.2 cm³/mol. The first-order chi connectivity index (χ1) is 8.78. The first-order valence-electron chi connectivity index (χ1n) is 6.59. The highest BCUT2D eigenvalue weighted by molar-refractivity contribution is 5.34. The fraction of sp³-hybridized carbons (Fsp3) is 0.533. The topological polar surface area (TPSA) is 53.2 Å². The largest absolute Gasteiger partial charge is 0.491 e. The zero-order valence-corrected chi connectivity index (χ0v) is 10.5. The molecule has 18 heavy (non-hydrogen) atoms. The van der Waals surface area contributed by atoms with Gasteiger partial charge in [0.1, 0.15) is 12.4 Å². The summed E-state index contributed by atoms with van der Waals surface area (Å²) in [6.45, 7) is 0.336. The molecule has 1 unspecified atom stereocenters. The highest BCUT2D eigenvalue weighted by Crippen LogP contribution is 2.28. The van der Waals surface area contributed by atoms with E-state index in [1.54, 1.807) is 24.3 Å². The first kappa shape index (κ1) is 12.9. The molecule has 1 aromatic carbocycles. The molecule has 0 radical (unpaired) electrons. The summed E-state index contributed by atoms with van der Waals surface area (Å²) < 4.78 is 5.52. The SMILES string of the molecule is N#Cc1ccc(OCC(O)CC2CCCC2)cc1. The molecular formula is C15H19NO2. The smallest absolute Gasteiger partial charge is 0.119 e. The third kappa shape index (κ3) is 3.75. The van der Waals surface area contributed by atoms with Crippen LogP contribution in [0.15, 0.2) is 24.3 Å². The van der Waals surface area contributed by atoms with E-state index in [9.17, 15) is 5.11 Å². The standard InChI is InChI=1S/C15H19NO2/c16-10-13-5-7-15(8-6-13)18-11-14(17)9-12-3-1-2-4-12/h5-8,12,14,17H,1-4,9,11H2. The second kappa shape index (κ2) is 6.42. The monoisotopic (exact) mass is 245 g/mol. The summed E-state index contributed by atoms with van der Waals surface area (Å²) in [5.74, 6) is 1.38. The molecule has 3 nitrogen and oxygen atoms in total. The lowest BCUT2D eigenvalue weighted by atomic mass is 10.0. The second-order valence-corrected chi connectivity index (χ2v) is 4.99. The van der Waals surface area contributed by atoms with Gasteiger partial charge < -0.3 is 9.84 Å². The second-order valence-electron chi connectivity index (χ2n) is 4.99. The summed E-state index contributed by atoms with van der Waals surface area (Å²) in [5, 5.41) is 18.6. The minimum absolute atomic E-state index is 0.336. The van der Waals surface area contributed by atoms with Crippen LogP contribution < -0.4 is 4.74 Å². The normalized spacial score (nSPS) is 17.3. The van der Waals surface area contributed by atoms with Crippen molar-refractivity contribution in [2.45, 2.75) is 38.2 Å². The maximum absolute atomic E-state index is 9.89. The van der Waals surface area contributed by atoms with Gasteiger partial charge in [0.25, 0.3) is 0 Å². The van der Waals surface area contributed by atoms with Crippen LogP contribution in [0.5, 0.6) is 5.75 Å². The number of ether oxygens (including phenoxy) is 1. The molecule has 0 aromatic heterocycles. The van der Waals surface area contributed by atoms with Gasteiger partial charge in [-0.2, -0.15) is 5.26 Å². The van der Waals surface area contributed by atoms with E-state index in [-0.39, 0.29) is 6.10 Å². The number of rotatable bonds is 5. The number of nitriles is 1. The fourth-order valence-electron chi connectivity index (χ4n) is 2.52. The lowest BCUT2D eigenvalue weighted by molar-refractivity contribution is 0.0855. The molecule has 0 bridgehead atoms. The summed E-state index contributed by atoms with van der Waals surface area (Å²) in [6.07, 6.45) is 5.54.